The van der Waals surface area contributed by atoms with Crippen LogP contribution in [0.1, 0.15) is 100 Å². The predicted octanol–water partition coefficient (Wildman–Crippen LogP) is 7.36. The van der Waals surface area contributed by atoms with E-state index in [0.29, 0.717) is 43.7 Å². The second-order valence-electron chi connectivity index (χ2n) is 14.2. The van der Waals surface area contributed by atoms with E-state index in [1.165, 1.54) is 0 Å². The minimum Gasteiger partial charge on any atom is -0.339 e. The Labute approximate surface area is 238 Å². The van der Waals surface area contributed by atoms with E-state index in [2.05, 4.69) is 10.1 Å². The highest BCUT2D eigenvalue weighted by molar-refractivity contribution is 5.95. The molecule has 7 fully saturated rings. The van der Waals surface area contributed by atoms with Gasteiger partial charge in [-0.05, 0) is 112 Å². The third-order valence-electron chi connectivity index (χ3n) is 11.1. The topological polar surface area (TPSA) is 72.1 Å². The van der Waals surface area contributed by atoms with Gasteiger partial charge in [0.25, 0.3) is 0 Å². The number of amides is 1. The highest BCUT2D eigenvalue weighted by atomic mass is 19.1. The Morgan fingerprint density at radius 3 is 2.41 bits per heavy atom. The van der Waals surface area contributed by atoms with Crippen LogP contribution in [-0.2, 0) is 10.2 Å². The summed E-state index contributed by atoms with van der Waals surface area (Å²) in [6.45, 7) is 2.36. The van der Waals surface area contributed by atoms with E-state index in [1.54, 1.807) is 19.2 Å². The van der Waals surface area contributed by atoms with Crippen LogP contribution in [0, 0.1) is 23.7 Å². The van der Waals surface area contributed by atoms with Gasteiger partial charge in [-0.25, -0.2) is 9.37 Å². The van der Waals surface area contributed by atoms with Gasteiger partial charge in [0.1, 0.15) is 5.67 Å². The number of rotatable bonds is 8. The second kappa shape index (κ2) is 8.68. The van der Waals surface area contributed by atoms with E-state index in [9.17, 15) is 13.6 Å². The maximum absolute atomic E-state index is 14.3. The van der Waals surface area contributed by atoms with Crippen molar-refractivity contribution in [2.75, 3.05) is 11.4 Å². The molecule has 0 saturated heterocycles. The van der Waals surface area contributed by atoms with Gasteiger partial charge in [0.15, 0.2) is 5.82 Å². The molecule has 0 atom stereocenters. The fraction of sp³-hybridized carbons (Fsp3) is 0.576. The molecule has 214 valence electrons. The van der Waals surface area contributed by atoms with Crippen LogP contribution in [0.5, 0.6) is 0 Å². The van der Waals surface area contributed by atoms with Crippen LogP contribution >= 0.6 is 0 Å². The Kier molecular flexibility index (Phi) is 5.41. The number of benzene rings is 1. The van der Waals surface area contributed by atoms with Crippen molar-refractivity contribution in [3.63, 3.8) is 0 Å². The summed E-state index contributed by atoms with van der Waals surface area (Å²) in [4.78, 5) is 24.8. The molecular formula is C33H36F2N4O2. The number of alkyl halides is 1. The number of nitrogens with zero attached hydrogens (tertiary/aromatic N) is 4. The third-order valence-corrected chi connectivity index (χ3v) is 11.1. The molecule has 1 amide bonds. The highest BCUT2D eigenvalue weighted by Gasteiger charge is 2.69. The smallest absolute Gasteiger partial charge is 0.232 e. The minimum atomic E-state index is -1.03. The number of halogens is 2. The molecule has 0 unspecified atom stereocenters. The molecule has 0 aliphatic heterocycles. The lowest BCUT2D eigenvalue weighted by molar-refractivity contribution is -0.215. The van der Waals surface area contributed by atoms with E-state index in [4.69, 9.17) is 9.51 Å². The maximum Gasteiger partial charge on any atom is 0.232 e. The summed E-state index contributed by atoms with van der Waals surface area (Å²) in [7, 11) is 0. The zero-order valence-electron chi connectivity index (χ0n) is 23.6. The minimum absolute atomic E-state index is 0.0293. The zero-order chi connectivity index (χ0) is 28.0. The number of carbonyl (C=O) groups is 1. The lowest BCUT2D eigenvalue weighted by Gasteiger charge is -2.66. The van der Waals surface area contributed by atoms with E-state index in [-0.39, 0.29) is 22.2 Å². The van der Waals surface area contributed by atoms with Gasteiger partial charge in [-0.15, -0.1) is 0 Å². The van der Waals surface area contributed by atoms with E-state index < -0.39 is 11.6 Å². The molecule has 1 aromatic carbocycles. The molecule has 8 heteroatoms. The summed E-state index contributed by atoms with van der Waals surface area (Å²) in [6.07, 6.45) is 11.8. The Balaban J connectivity index is 1.06. The molecule has 6 nitrogen and oxygen atoms in total. The van der Waals surface area contributed by atoms with Crippen molar-refractivity contribution in [3.8, 4) is 11.1 Å². The van der Waals surface area contributed by atoms with Crippen LogP contribution in [0.3, 0.4) is 0 Å². The molecule has 7 aliphatic carbocycles. The van der Waals surface area contributed by atoms with Crippen LogP contribution in [-0.4, -0.2) is 33.2 Å². The van der Waals surface area contributed by atoms with E-state index >= 15 is 0 Å². The number of aromatic nitrogens is 3. The molecule has 4 bridgehead atoms. The average molecular weight is 559 g/mol. The van der Waals surface area contributed by atoms with E-state index in [1.807, 2.05) is 29.2 Å². The summed E-state index contributed by atoms with van der Waals surface area (Å²) >= 11 is 0. The zero-order valence-corrected chi connectivity index (χ0v) is 23.6. The summed E-state index contributed by atoms with van der Waals surface area (Å²) < 4.78 is 34.0. The van der Waals surface area contributed by atoms with Crippen molar-refractivity contribution >= 4 is 11.6 Å². The monoisotopic (exact) mass is 558 g/mol. The van der Waals surface area contributed by atoms with Gasteiger partial charge in [-0.1, -0.05) is 17.3 Å². The Morgan fingerprint density at radius 2 is 1.76 bits per heavy atom. The lowest BCUT2D eigenvalue weighted by Crippen LogP contribution is -2.65. The first-order chi connectivity index (χ1) is 19.7. The molecule has 41 heavy (non-hydrogen) atoms. The van der Waals surface area contributed by atoms with Crippen molar-refractivity contribution in [1.82, 2.24) is 15.1 Å². The van der Waals surface area contributed by atoms with Crippen LogP contribution in [0.2, 0.25) is 0 Å². The van der Waals surface area contributed by atoms with Gasteiger partial charge in [-0.3, -0.25) is 4.79 Å². The number of anilines is 1. The van der Waals surface area contributed by atoms with Gasteiger partial charge < -0.3 is 9.42 Å². The number of hydrogen-bond acceptors (Lipinski definition) is 5. The first-order valence-electron chi connectivity index (χ1n) is 15.2. The third kappa shape index (κ3) is 4.23. The Bertz CT molecular complexity index is 1500. The van der Waals surface area contributed by atoms with Gasteiger partial charge in [0.2, 0.25) is 17.7 Å². The van der Waals surface area contributed by atoms with Crippen LogP contribution in [0.25, 0.3) is 11.1 Å². The Hall–Kier alpha value is -3.16. The highest BCUT2D eigenvalue weighted by Crippen LogP contribution is 2.71. The second-order valence-corrected chi connectivity index (χ2v) is 14.2. The molecule has 7 saturated carbocycles. The SMILES string of the molecule is Cc1cc(-c2cccc(N(CC34CCC(c5nc(C6CC6)no5)(CC3)CC4)C(=O)CC34CC(F)(C3)C4)c2)cnc1F. The van der Waals surface area contributed by atoms with Crippen molar-refractivity contribution in [2.24, 2.45) is 10.8 Å². The molecule has 2 heterocycles. The van der Waals surface area contributed by atoms with Crippen LogP contribution in [0.4, 0.5) is 14.5 Å². The summed E-state index contributed by atoms with van der Waals surface area (Å²) in [5.41, 5.74) is 1.86. The van der Waals surface area contributed by atoms with Gasteiger partial charge in [0.05, 0.1) is 0 Å². The van der Waals surface area contributed by atoms with Crippen LogP contribution < -0.4 is 4.90 Å². The molecule has 3 aromatic rings. The summed E-state index contributed by atoms with van der Waals surface area (Å²) in [6, 6.07) is 9.74. The number of pyridine rings is 1. The van der Waals surface area contributed by atoms with Crippen molar-refractivity contribution in [1.29, 1.82) is 0 Å². The van der Waals surface area contributed by atoms with Crippen LogP contribution in [0.15, 0.2) is 41.1 Å². The first-order valence-corrected chi connectivity index (χ1v) is 15.2. The van der Waals surface area contributed by atoms with Crippen molar-refractivity contribution in [3.05, 3.63) is 59.8 Å². The summed E-state index contributed by atoms with van der Waals surface area (Å²) in [5, 5.41) is 4.30. The molecule has 2 aromatic heterocycles. The average Bonchev–Trinajstić information content (AvgIpc) is 3.68. The molecule has 7 aliphatic rings. The van der Waals surface area contributed by atoms with Crippen molar-refractivity contribution in [2.45, 2.75) is 101 Å². The molecular weight excluding hydrogens is 522 g/mol. The fourth-order valence-corrected chi connectivity index (χ4v) is 8.47. The van der Waals surface area contributed by atoms with Crippen molar-refractivity contribution < 1.29 is 18.1 Å². The maximum atomic E-state index is 14.3. The normalized spacial score (nSPS) is 33.2. The standard InChI is InChI=1S/C33H36F2N4O2/c1-21-13-24(16-36-27(21)34)23-3-2-4-25(14-23)39(26(40)15-31-17-33(35,18-31)19-31)20-30-7-10-32(11-8-30,12-9-30)29-37-28(38-41-29)22-5-6-22/h2-4,13-14,16,22H,5-12,15,17-20H2,1H3. The Morgan fingerprint density at radius 1 is 1.02 bits per heavy atom. The van der Waals surface area contributed by atoms with Gasteiger partial charge in [0, 0.05) is 47.3 Å². The van der Waals surface area contributed by atoms with E-state index in [0.717, 1.165) is 79.9 Å². The fourth-order valence-electron chi connectivity index (χ4n) is 8.47. The molecule has 0 radical (unpaired) electrons. The number of aryl methyl sites for hydroxylation is 1. The van der Waals surface area contributed by atoms with Gasteiger partial charge >= 0.3 is 0 Å². The quantitative estimate of drug-likeness (QED) is 0.270. The number of carbonyl (C=O) groups excluding carboxylic acids is 1. The molecule has 0 spiro atoms. The number of fused-ring (bicyclic) bond motifs is 3. The lowest BCUT2D eigenvalue weighted by atomic mass is 9.41. The van der Waals surface area contributed by atoms with Gasteiger partial charge in [-0.2, -0.15) is 9.37 Å². The summed E-state index contributed by atoms with van der Waals surface area (Å²) in [5.74, 6) is 1.79. The first kappa shape index (κ1) is 25.5. The predicted molar refractivity (Wildman–Crippen MR) is 150 cm³/mol. The molecule has 10 rings (SSSR count). The largest absolute Gasteiger partial charge is 0.339 e. The molecule has 0 N–H and O–H groups in total. The number of hydrogen-bond donors (Lipinski definition) is 0.